The van der Waals surface area contributed by atoms with Crippen LogP contribution in [0.15, 0.2) is 0 Å². The number of sulfone groups is 1. The van der Waals surface area contributed by atoms with E-state index in [9.17, 15) is 8.42 Å². The van der Waals surface area contributed by atoms with Gasteiger partial charge in [-0.05, 0) is 31.6 Å². The molecule has 0 amide bonds. The summed E-state index contributed by atoms with van der Waals surface area (Å²) in [6.45, 7) is 6.88. The third kappa shape index (κ3) is 3.74. The monoisotopic (exact) mass is 247 g/mol. The minimum atomic E-state index is -2.84. The fourth-order valence-corrected chi connectivity index (χ4v) is 3.40. The van der Waals surface area contributed by atoms with Crippen molar-refractivity contribution < 1.29 is 8.42 Å². The van der Waals surface area contributed by atoms with Crippen LogP contribution in [-0.4, -0.2) is 32.5 Å². The van der Waals surface area contributed by atoms with Crippen molar-refractivity contribution in [3.63, 3.8) is 0 Å². The van der Waals surface area contributed by atoms with Gasteiger partial charge < -0.3 is 5.32 Å². The van der Waals surface area contributed by atoms with Crippen molar-refractivity contribution in [3.05, 3.63) is 0 Å². The van der Waals surface area contributed by atoms with E-state index >= 15 is 0 Å². The summed E-state index contributed by atoms with van der Waals surface area (Å²) >= 11 is 0. The van der Waals surface area contributed by atoms with Crippen molar-refractivity contribution in [2.45, 2.75) is 52.5 Å². The lowest BCUT2D eigenvalue weighted by atomic mass is 9.67. The first-order valence-corrected chi connectivity index (χ1v) is 8.19. The Morgan fingerprint density at radius 1 is 1.31 bits per heavy atom. The molecule has 0 radical (unpaired) electrons. The van der Waals surface area contributed by atoms with Crippen LogP contribution in [0.3, 0.4) is 0 Å². The van der Waals surface area contributed by atoms with Crippen molar-refractivity contribution in [3.8, 4) is 0 Å². The molecular weight excluding hydrogens is 222 g/mol. The second kappa shape index (κ2) is 5.50. The van der Waals surface area contributed by atoms with Crippen LogP contribution in [0.2, 0.25) is 0 Å². The Kier molecular flexibility index (Phi) is 4.80. The highest BCUT2D eigenvalue weighted by atomic mass is 32.2. The molecule has 3 nitrogen and oxygen atoms in total. The van der Waals surface area contributed by atoms with Crippen molar-refractivity contribution in [2.24, 2.45) is 5.41 Å². The van der Waals surface area contributed by atoms with Crippen LogP contribution in [0.4, 0.5) is 0 Å². The molecule has 1 rings (SSSR count). The highest BCUT2D eigenvalue weighted by molar-refractivity contribution is 7.91. The predicted octanol–water partition coefficient (Wildman–Crippen LogP) is 1.98. The summed E-state index contributed by atoms with van der Waals surface area (Å²) in [6, 6.07) is 0.0778. The quantitative estimate of drug-likeness (QED) is 0.748. The van der Waals surface area contributed by atoms with Gasteiger partial charge in [0.2, 0.25) is 0 Å². The maximum atomic E-state index is 11.4. The molecule has 0 bridgehead atoms. The minimum Gasteiger partial charge on any atom is -0.313 e. The van der Waals surface area contributed by atoms with E-state index in [1.807, 2.05) is 6.92 Å². The summed E-state index contributed by atoms with van der Waals surface area (Å²) < 4.78 is 22.9. The van der Waals surface area contributed by atoms with Gasteiger partial charge in [-0.2, -0.15) is 0 Å². The number of rotatable bonds is 7. The van der Waals surface area contributed by atoms with Crippen LogP contribution >= 0.6 is 0 Å². The molecule has 0 aromatic heterocycles. The Morgan fingerprint density at radius 2 is 1.94 bits per heavy atom. The second-order valence-electron chi connectivity index (χ2n) is 5.19. The van der Waals surface area contributed by atoms with E-state index in [4.69, 9.17) is 0 Å². The first kappa shape index (κ1) is 14.0. The molecule has 16 heavy (non-hydrogen) atoms. The van der Waals surface area contributed by atoms with Gasteiger partial charge in [0.25, 0.3) is 0 Å². The Labute approximate surface area is 99.9 Å². The van der Waals surface area contributed by atoms with Gasteiger partial charge in [0.15, 0.2) is 9.84 Å². The summed E-state index contributed by atoms with van der Waals surface area (Å²) in [5.74, 6) is 0.515. The highest BCUT2D eigenvalue weighted by Crippen LogP contribution is 2.43. The van der Waals surface area contributed by atoms with Crippen LogP contribution in [0.25, 0.3) is 0 Å². The Balaban J connectivity index is 2.32. The number of hydrogen-bond donors (Lipinski definition) is 1. The molecule has 0 aromatic carbocycles. The van der Waals surface area contributed by atoms with E-state index in [2.05, 4.69) is 12.2 Å². The lowest BCUT2D eigenvalue weighted by Gasteiger charge is -2.42. The molecule has 96 valence electrons. The Morgan fingerprint density at radius 3 is 2.31 bits per heavy atom. The van der Waals surface area contributed by atoms with E-state index < -0.39 is 9.84 Å². The lowest BCUT2D eigenvalue weighted by molar-refractivity contribution is 0.121. The molecule has 1 aliphatic carbocycles. The van der Waals surface area contributed by atoms with E-state index in [0.29, 0.717) is 5.41 Å². The Hall–Kier alpha value is -0.0900. The zero-order chi connectivity index (χ0) is 12.2. The molecule has 1 fully saturated rings. The predicted molar refractivity (Wildman–Crippen MR) is 68.4 cm³/mol. The van der Waals surface area contributed by atoms with Crippen LogP contribution < -0.4 is 5.32 Å². The van der Waals surface area contributed by atoms with Crippen molar-refractivity contribution >= 4 is 9.84 Å². The molecule has 0 aromatic rings. The van der Waals surface area contributed by atoms with Gasteiger partial charge in [0.05, 0.1) is 5.75 Å². The topological polar surface area (TPSA) is 46.2 Å². The molecule has 1 aliphatic rings. The second-order valence-corrected chi connectivity index (χ2v) is 7.59. The van der Waals surface area contributed by atoms with Crippen LogP contribution in [-0.2, 0) is 9.84 Å². The third-order valence-corrected chi connectivity index (χ3v) is 5.82. The van der Waals surface area contributed by atoms with E-state index in [1.54, 1.807) is 6.92 Å². The highest BCUT2D eigenvalue weighted by Gasteiger charge is 2.34. The minimum absolute atomic E-state index is 0.0778. The van der Waals surface area contributed by atoms with Crippen LogP contribution in [0, 0.1) is 5.41 Å². The smallest absolute Gasteiger partial charge is 0.151 e. The summed E-state index contributed by atoms with van der Waals surface area (Å²) in [5, 5.41) is 3.39. The third-order valence-electron chi connectivity index (χ3n) is 3.93. The van der Waals surface area contributed by atoms with Gasteiger partial charge in [-0.15, -0.1) is 0 Å². The SMILES string of the molecule is CCC1(CNC(C)CS(=O)(=O)CC)CCC1. The molecule has 0 aliphatic heterocycles. The summed E-state index contributed by atoms with van der Waals surface area (Å²) in [5.41, 5.74) is 0.463. The van der Waals surface area contributed by atoms with Crippen molar-refractivity contribution in [2.75, 3.05) is 18.1 Å². The average molecular weight is 247 g/mol. The molecule has 0 spiro atoms. The molecule has 4 heteroatoms. The molecule has 0 saturated heterocycles. The maximum absolute atomic E-state index is 11.4. The standard InChI is InChI=1S/C12H25NO2S/c1-4-12(7-6-8-12)10-13-11(3)9-16(14,15)5-2/h11,13H,4-10H2,1-3H3. The van der Waals surface area contributed by atoms with Gasteiger partial charge in [-0.1, -0.05) is 20.3 Å². The summed E-state index contributed by atoms with van der Waals surface area (Å²) in [4.78, 5) is 0. The average Bonchev–Trinajstić information content (AvgIpc) is 2.16. The van der Waals surface area contributed by atoms with Crippen LogP contribution in [0.1, 0.15) is 46.5 Å². The van der Waals surface area contributed by atoms with E-state index in [-0.39, 0.29) is 17.5 Å². The lowest BCUT2D eigenvalue weighted by Crippen LogP contribution is -2.44. The largest absolute Gasteiger partial charge is 0.313 e. The summed E-state index contributed by atoms with van der Waals surface area (Å²) in [7, 11) is -2.84. The first-order chi connectivity index (χ1) is 7.43. The molecule has 1 unspecified atom stereocenters. The van der Waals surface area contributed by atoms with Gasteiger partial charge >= 0.3 is 0 Å². The zero-order valence-electron chi connectivity index (χ0n) is 10.8. The normalized spacial score (nSPS) is 21.4. The Bertz CT molecular complexity index is 301. The van der Waals surface area contributed by atoms with Crippen molar-refractivity contribution in [1.29, 1.82) is 0 Å². The number of nitrogens with one attached hydrogen (secondary N) is 1. The van der Waals surface area contributed by atoms with Gasteiger partial charge in [-0.3, -0.25) is 0 Å². The summed E-state index contributed by atoms with van der Waals surface area (Å²) in [6.07, 6.45) is 5.12. The zero-order valence-corrected chi connectivity index (χ0v) is 11.6. The molecule has 0 heterocycles. The first-order valence-electron chi connectivity index (χ1n) is 6.37. The van der Waals surface area contributed by atoms with E-state index in [0.717, 1.165) is 6.54 Å². The maximum Gasteiger partial charge on any atom is 0.151 e. The van der Waals surface area contributed by atoms with Crippen LogP contribution in [0.5, 0.6) is 0 Å². The fourth-order valence-electron chi connectivity index (χ4n) is 2.28. The van der Waals surface area contributed by atoms with Crippen molar-refractivity contribution in [1.82, 2.24) is 5.32 Å². The van der Waals surface area contributed by atoms with Gasteiger partial charge in [0, 0.05) is 18.3 Å². The van der Waals surface area contributed by atoms with E-state index in [1.165, 1.54) is 25.7 Å². The molecule has 1 atom stereocenters. The fraction of sp³-hybridized carbons (Fsp3) is 1.00. The molecule has 1 N–H and O–H groups in total. The molecular formula is C12H25NO2S. The van der Waals surface area contributed by atoms with Gasteiger partial charge in [-0.25, -0.2) is 8.42 Å². The van der Waals surface area contributed by atoms with Gasteiger partial charge in [0.1, 0.15) is 0 Å². The molecule has 1 saturated carbocycles. The number of hydrogen-bond acceptors (Lipinski definition) is 3.